The Balaban J connectivity index is 1.58. The van der Waals surface area contributed by atoms with E-state index < -0.39 is 0 Å². The maximum absolute atomic E-state index is 12.3. The van der Waals surface area contributed by atoms with Gasteiger partial charge in [0.1, 0.15) is 12.3 Å². The number of carbonyl (C=O) groups is 2. The van der Waals surface area contributed by atoms with Gasteiger partial charge in [0.05, 0.1) is 18.3 Å². The molecule has 0 bridgehead atoms. The summed E-state index contributed by atoms with van der Waals surface area (Å²) in [5.41, 5.74) is 2.80. The van der Waals surface area contributed by atoms with Gasteiger partial charge < -0.3 is 19.9 Å². The van der Waals surface area contributed by atoms with Gasteiger partial charge in [-0.2, -0.15) is 0 Å². The Hall–Kier alpha value is -3.28. The van der Waals surface area contributed by atoms with Gasteiger partial charge in [-0.15, -0.1) is 0 Å². The number of fused-ring (bicyclic) bond motifs is 1. The highest BCUT2D eigenvalue weighted by Gasteiger charge is 2.09. The second-order valence-electron chi connectivity index (χ2n) is 6.31. The molecule has 0 spiro atoms. The predicted molar refractivity (Wildman–Crippen MR) is 106 cm³/mol. The van der Waals surface area contributed by atoms with E-state index in [4.69, 9.17) is 4.74 Å². The van der Waals surface area contributed by atoms with Crippen molar-refractivity contribution in [2.45, 2.75) is 19.9 Å². The van der Waals surface area contributed by atoms with Gasteiger partial charge in [-0.05, 0) is 42.3 Å². The van der Waals surface area contributed by atoms with Gasteiger partial charge in [-0.3, -0.25) is 9.59 Å². The molecule has 2 amide bonds. The van der Waals surface area contributed by atoms with E-state index in [1.54, 1.807) is 7.11 Å². The van der Waals surface area contributed by atoms with Crippen molar-refractivity contribution in [3.05, 3.63) is 60.3 Å². The largest absolute Gasteiger partial charge is 0.497 e. The molecule has 6 nitrogen and oxygen atoms in total. The SMILES string of the molecule is COc1ccc(CCNC(=O)Cn2ccc3c(NC(C)=O)cccc32)cc1. The molecule has 0 saturated heterocycles. The lowest BCUT2D eigenvalue weighted by Crippen LogP contribution is -2.29. The molecule has 0 aliphatic carbocycles. The van der Waals surface area contributed by atoms with E-state index in [0.29, 0.717) is 6.54 Å². The van der Waals surface area contributed by atoms with Gasteiger partial charge in [0.15, 0.2) is 0 Å². The van der Waals surface area contributed by atoms with Gasteiger partial charge in [0.25, 0.3) is 0 Å². The topological polar surface area (TPSA) is 72.4 Å². The number of aromatic nitrogens is 1. The van der Waals surface area contributed by atoms with E-state index >= 15 is 0 Å². The molecule has 3 rings (SSSR count). The smallest absolute Gasteiger partial charge is 0.239 e. The number of methoxy groups -OCH3 is 1. The number of hydrogen-bond acceptors (Lipinski definition) is 3. The van der Waals surface area contributed by atoms with Crippen LogP contribution in [0.2, 0.25) is 0 Å². The summed E-state index contributed by atoms with van der Waals surface area (Å²) in [5, 5.41) is 6.68. The number of hydrogen-bond donors (Lipinski definition) is 2. The summed E-state index contributed by atoms with van der Waals surface area (Å²) in [4.78, 5) is 23.6. The summed E-state index contributed by atoms with van der Waals surface area (Å²) >= 11 is 0. The molecule has 2 aromatic carbocycles. The molecular weight excluding hydrogens is 342 g/mol. The van der Waals surface area contributed by atoms with Crippen LogP contribution in [0.15, 0.2) is 54.7 Å². The summed E-state index contributed by atoms with van der Waals surface area (Å²) in [6, 6.07) is 15.4. The minimum atomic E-state index is -0.119. The van der Waals surface area contributed by atoms with Crippen molar-refractivity contribution in [3.63, 3.8) is 0 Å². The first kappa shape index (κ1) is 18.5. The van der Waals surface area contributed by atoms with Crippen LogP contribution >= 0.6 is 0 Å². The second-order valence-corrected chi connectivity index (χ2v) is 6.31. The van der Waals surface area contributed by atoms with Crippen LogP contribution in [0.1, 0.15) is 12.5 Å². The normalized spacial score (nSPS) is 10.6. The molecular formula is C21H23N3O3. The van der Waals surface area contributed by atoms with Crippen molar-refractivity contribution in [2.75, 3.05) is 19.0 Å². The van der Waals surface area contributed by atoms with Crippen molar-refractivity contribution in [1.82, 2.24) is 9.88 Å². The highest BCUT2D eigenvalue weighted by molar-refractivity contribution is 6.01. The van der Waals surface area contributed by atoms with Crippen LogP contribution in [0.3, 0.4) is 0 Å². The van der Waals surface area contributed by atoms with E-state index in [2.05, 4.69) is 10.6 Å². The first-order chi connectivity index (χ1) is 13.1. The number of benzene rings is 2. The molecule has 3 aromatic rings. The number of ether oxygens (including phenoxy) is 1. The van der Waals surface area contributed by atoms with Crippen LogP contribution in [0.25, 0.3) is 10.9 Å². The van der Waals surface area contributed by atoms with Crippen molar-refractivity contribution < 1.29 is 14.3 Å². The van der Waals surface area contributed by atoms with Crippen LogP contribution < -0.4 is 15.4 Å². The van der Waals surface area contributed by atoms with E-state index in [1.165, 1.54) is 6.92 Å². The summed E-state index contributed by atoms with van der Waals surface area (Å²) in [5.74, 6) is 0.651. The Morgan fingerprint density at radius 2 is 1.85 bits per heavy atom. The Morgan fingerprint density at radius 1 is 1.07 bits per heavy atom. The Bertz CT molecular complexity index is 945. The minimum absolute atomic E-state index is 0.0501. The van der Waals surface area contributed by atoms with Crippen molar-refractivity contribution in [1.29, 1.82) is 0 Å². The second kappa shape index (κ2) is 8.40. The Morgan fingerprint density at radius 3 is 2.56 bits per heavy atom. The molecule has 1 heterocycles. The summed E-state index contributed by atoms with van der Waals surface area (Å²) in [6.07, 6.45) is 2.62. The lowest BCUT2D eigenvalue weighted by atomic mass is 10.1. The predicted octanol–water partition coefficient (Wildman–Crippen LogP) is 2.97. The summed E-state index contributed by atoms with van der Waals surface area (Å²) in [6.45, 7) is 2.28. The first-order valence-electron chi connectivity index (χ1n) is 8.82. The molecule has 0 fully saturated rings. The third-order valence-electron chi connectivity index (χ3n) is 4.33. The van der Waals surface area contributed by atoms with Crippen molar-refractivity contribution >= 4 is 28.4 Å². The van der Waals surface area contributed by atoms with Crippen LogP contribution in [-0.4, -0.2) is 30.0 Å². The standard InChI is InChI=1S/C21H23N3O3/c1-15(25)23-19-4-3-5-20-18(19)11-13-24(20)14-21(26)22-12-10-16-6-8-17(27-2)9-7-16/h3-9,11,13H,10,12,14H2,1-2H3,(H,22,26)(H,23,25). The molecule has 27 heavy (non-hydrogen) atoms. The Kier molecular flexibility index (Phi) is 5.76. The fourth-order valence-electron chi connectivity index (χ4n) is 3.01. The molecule has 0 aliphatic heterocycles. The third kappa shape index (κ3) is 4.67. The molecule has 0 aliphatic rings. The molecule has 0 saturated carbocycles. The van der Waals surface area contributed by atoms with Gasteiger partial charge in [0.2, 0.25) is 11.8 Å². The highest BCUT2D eigenvalue weighted by Crippen LogP contribution is 2.24. The molecule has 0 radical (unpaired) electrons. The minimum Gasteiger partial charge on any atom is -0.497 e. The van der Waals surface area contributed by atoms with Gasteiger partial charge in [-0.1, -0.05) is 18.2 Å². The average Bonchev–Trinajstić information content (AvgIpc) is 3.06. The quantitative estimate of drug-likeness (QED) is 0.676. The maximum atomic E-state index is 12.3. The number of nitrogens with zero attached hydrogens (tertiary/aromatic N) is 1. The summed E-state index contributed by atoms with van der Waals surface area (Å²) in [7, 11) is 1.64. The Labute approximate surface area is 158 Å². The number of rotatable bonds is 7. The molecule has 6 heteroatoms. The molecule has 0 atom stereocenters. The number of amides is 2. The van der Waals surface area contributed by atoms with Crippen molar-refractivity contribution in [3.8, 4) is 5.75 Å². The lowest BCUT2D eigenvalue weighted by Gasteiger charge is -2.09. The molecule has 0 unspecified atom stereocenters. The van der Waals surface area contributed by atoms with E-state index in [9.17, 15) is 9.59 Å². The third-order valence-corrected chi connectivity index (χ3v) is 4.33. The van der Waals surface area contributed by atoms with Crippen LogP contribution in [0.5, 0.6) is 5.75 Å². The molecule has 1 aromatic heterocycles. The zero-order valence-electron chi connectivity index (χ0n) is 15.5. The summed E-state index contributed by atoms with van der Waals surface area (Å²) < 4.78 is 7.02. The van der Waals surface area contributed by atoms with Gasteiger partial charge in [0, 0.05) is 25.1 Å². The van der Waals surface area contributed by atoms with Crippen molar-refractivity contribution in [2.24, 2.45) is 0 Å². The number of nitrogens with one attached hydrogen (secondary N) is 2. The lowest BCUT2D eigenvalue weighted by molar-refractivity contribution is -0.121. The molecule has 2 N–H and O–H groups in total. The maximum Gasteiger partial charge on any atom is 0.239 e. The number of anilines is 1. The number of carbonyl (C=O) groups excluding carboxylic acids is 2. The zero-order chi connectivity index (χ0) is 19.2. The van der Waals surface area contributed by atoms with Gasteiger partial charge in [-0.25, -0.2) is 0 Å². The van der Waals surface area contributed by atoms with E-state index in [-0.39, 0.29) is 18.4 Å². The fourth-order valence-corrected chi connectivity index (χ4v) is 3.01. The first-order valence-corrected chi connectivity index (χ1v) is 8.82. The fraction of sp³-hybridized carbons (Fsp3) is 0.238. The van der Waals surface area contributed by atoms with Crippen LogP contribution in [0.4, 0.5) is 5.69 Å². The van der Waals surface area contributed by atoms with Gasteiger partial charge >= 0.3 is 0 Å². The highest BCUT2D eigenvalue weighted by atomic mass is 16.5. The zero-order valence-corrected chi connectivity index (χ0v) is 15.5. The van der Waals surface area contributed by atoms with Crippen LogP contribution in [-0.2, 0) is 22.6 Å². The molecule has 140 valence electrons. The van der Waals surface area contributed by atoms with E-state index in [0.717, 1.165) is 34.3 Å². The monoisotopic (exact) mass is 365 g/mol. The van der Waals surface area contributed by atoms with Crippen LogP contribution in [0, 0.1) is 0 Å². The van der Waals surface area contributed by atoms with E-state index in [1.807, 2.05) is 59.3 Å². The average molecular weight is 365 g/mol.